The second-order valence-corrected chi connectivity index (χ2v) is 12.2. The van der Waals surface area contributed by atoms with Gasteiger partial charge in [-0.2, -0.15) is 0 Å². The molecule has 1 aliphatic heterocycles. The summed E-state index contributed by atoms with van der Waals surface area (Å²) in [5.74, 6) is -0.829. The third-order valence-electron chi connectivity index (χ3n) is 7.15. The van der Waals surface area contributed by atoms with Gasteiger partial charge in [0.1, 0.15) is 17.2 Å². The van der Waals surface area contributed by atoms with Crippen LogP contribution in [0.15, 0.2) is 59.4 Å². The van der Waals surface area contributed by atoms with Crippen molar-refractivity contribution in [2.24, 2.45) is 0 Å². The summed E-state index contributed by atoms with van der Waals surface area (Å²) in [4.78, 5) is 56.7. The fraction of sp³-hybridized carbons (Fsp3) is 0.484. The lowest BCUT2D eigenvalue weighted by molar-refractivity contribution is -0.140. The number of hydrogen-bond donors (Lipinski definition) is 3. The molecule has 4 rings (SSSR count). The zero-order chi connectivity index (χ0) is 30.5. The number of aromatic amines is 1. The SMILES string of the molecule is CC(C)(C)OC(=O)NC(C)(C)C(=O)NC(COCc1ccccc1)C(=O)N1CCC(n2c(=O)[nH]c3ccccc32)CC1. The first-order valence-corrected chi connectivity index (χ1v) is 14.3. The number of H-pyrrole nitrogens is 1. The lowest BCUT2D eigenvalue weighted by Gasteiger charge is -2.35. The number of aromatic nitrogens is 2. The van der Waals surface area contributed by atoms with E-state index in [4.69, 9.17) is 9.47 Å². The monoisotopic (exact) mass is 579 g/mol. The van der Waals surface area contributed by atoms with Gasteiger partial charge in [-0.05, 0) is 65.2 Å². The lowest BCUT2D eigenvalue weighted by Crippen LogP contribution is -2.61. The van der Waals surface area contributed by atoms with Crippen LogP contribution in [0.1, 0.15) is 59.1 Å². The molecule has 0 spiro atoms. The number of piperidine rings is 1. The van der Waals surface area contributed by atoms with Crippen LogP contribution < -0.4 is 16.3 Å². The number of para-hydroxylation sites is 2. The first kappa shape index (κ1) is 30.8. The zero-order valence-electron chi connectivity index (χ0n) is 24.9. The molecule has 1 aromatic heterocycles. The van der Waals surface area contributed by atoms with Gasteiger partial charge < -0.3 is 30.0 Å². The van der Waals surface area contributed by atoms with Gasteiger partial charge in [-0.3, -0.25) is 14.2 Å². The highest BCUT2D eigenvalue weighted by atomic mass is 16.6. The van der Waals surface area contributed by atoms with Crippen LogP contribution in [-0.4, -0.2) is 69.2 Å². The largest absolute Gasteiger partial charge is 0.444 e. The van der Waals surface area contributed by atoms with Gasteiger partial charge in [0.2, 0.25) is 11.8 Å². The van der Waals surface area contributed by atoms with Crippen LogP contribution >= 0.6 is 0 Å². The number of nitrogens with zero attached hydrogens (tertiary/aromatic N) is 2. The van der Waals surface area contributed by atoms with Gasteiger partial charge in [0.15, 0.2) is 0 Å². The summed E-state index contributed by atoms with van der Waals surface area (Å²) in [5.41, 5.74) is 0.300. The Balaban J connectivity index is 1.43. The maximum absolute atomic E-state index is 13.7. The summed E-state index contributed by atoms with van der Waals surface area (Å²) < 4.78 is 12.9. The van der Waals surface area contributed by atoms with E-state index < -0.39 is 29.2 Å². The van der Waals surface area contributed by atoms with E-state index in [1.54, 1.807) is 44.1 Å². The molecule has 3 aromatic rings. The Bertz CT molecular complexity index is 1450. The molecule has 1 aliphatic rings. The van der Waals surface area contributed by atoms with Gasteiger partial charge in [0.25, 0.3) is 0 Å². The summed E-state index contributed by atoms with van der Waals surface area (Å²) in [6.07, 6.45) is 0.440. The van der Waals surface area contributed by atoms with Gasteiger partial charge in [-0.25, -0.2) is 9.59 Å². The number of amides is 3. The number of benzene rings is 2. The molecule has 226 valence electrons. The Morgan fingerprint density at radius 2 is 1.62 bits per heavy atom. The summed E-state index contributed by atoms with van der Waals surface area (Å²) >= 11 is 0. The number of hydrogen-bond acceptors (Lipinski definition) is 6. The number of imidazole rings is 1. The fourth-order valence-corrected chi connectivity index (χ4v) is 5.00. The molecule has 11 heteroatoms. The predicted octanol–water partition coefficient (Wildman–Crippen LogP) is 3.50. The minimum atomic E-state index is -1.36. The van der Waals surface area contributed by atoms with E-state index in [0.29, 0.717) is 25.9 Å². The summed E-state index contributed by atoms with van der Waals surface area (Å²) in [5, 5.41) is 5.38. The number of rotatable bonds is 9. The van der Waals surface area contributed by atoms with E-state index in [1.807, 2.05) is 54.6 Å². The van der Waals surface area contributed by atoms with Gasteiger partial charge in [-0.15, -0.1) is 0 Å². The molecule has 0 bridgehead atoms. The van der Waals surface area contributed by atoms with E-state index in [0.717, 1.165) is 16.6 Å². The smallest absolute Gasteiger partial charge is 0.408 e. The van der Waals surface area contributed by atoms with Crippen molar-refractivity contribution in [1.82, 2.24) is 25.1 Å². The van der Waals surface area contributed by atoms with E-state index >= 15 is 0 Å². The summed E-state index contributed by atoms with van der Waals surface area (Å²) in [6, 6.07) is 16.1. The van der Waals surface area contributed by atoms with Gasteiger partial charge in [-0.1, -0.05) is 42.5 Å². The predicted molar refractivity (Wildman–Crippen MR) is 159 cm³/mol. The molecule has 3 amide bonds. The third kappa shape index (κ3) is 7.79. The maximum atomic E-state index is 13.7. The van der Waals surface area contributed by atoms with Crippen LogP contribution in [0.3, 0.4) is 0 Å². The highest BCUT2D eigenvalue weighted by molar-refractivity contribution is 5.93. The van der Waals surface area contributed by atoms with Crippen molar-refractivity contribution in [3.63, 3.8) is 0 Å². The molecule has 1 saturated heterocycles. The van der Waals surface area contributed by atoms with Crippen molar-refractivity contribution in [2.45, 2.75) is 77.3 Å². The molecular weight excluding hydrogens is 538 g/mol. The van der Waals surface area contributed by atoms with Crippen molar-refractivity contribution >= 4 is 28.9 Å². The van der Waals surface area contributed by atoms with E-state index in [1.165, 1.54) is 0 Å². The number of carbonyl (C=O) groups excluding carboxylic acids is 3. The average Bonchev–Trinajstić information content (AvgIpc) is 3.27. The Morgan fingerprint density at radius 1 is 0.976 bits per heavy atom. The number of fused-ring (bicyclic) bond motifs is 1. The number of carbonyl (C=O) groups is 3. The molecule has 2 aromatic carbocycles. The van der Waals surface area contributed by atoms with Gasteiger partial charge in [0, 0.05) is 19.1 Å². The molecule has 1 atom stereocenters. The van der Waals surface area contributed by atoms with E-state index in [2.05, 4.69) is 15.6 Å². The minimum Gasteiger partial charge on any atom is -0.444 e. The Morgan fingerprint density at radius 3 is 2.29 bits per heavy atom. The summed E-state index contributed by atoms with van der Waals surface area (Å²) in [7, 11) is 0. The van der Waals surface area contributed by atoms with Crippen molar-refractivity contribution in [3.05, 3.63) is 70.6 Å². The third-order valence-corrected chi connectivity index (χ3v) is 7.15. The van der Waals surface area contributed by atoms with Crippen LogP contribution in [0.5, 0.6) is 0 Å². The number of likely N-dealkylation sites (tertiary alicyclic amines) is 1. The molecule has 42 heavy (non-hydrogen) atoms. The number of ether oxygens (including phenoxy) is 2. The highest BCUT2D eigenvalue weighted by Crippen LogP contribution is 2.25. The Labute approximate surface area is 245 Å². The Hall–Kier alpha value is -4.12. The average molecular weight is 580 g/mol. The first-order chi connectivity index (χ1) is 19.8. The molecule has 11 nitrogen and oxygen atoms in total. The van der Waals surface area contributed by atoms with Gasteiger partial charge in [0.05, 0.1) is 24.2 Å². The molecule has 3 N–H and O–H groups in total. The molecule has 1 unspecified atom stereocenters. The lowest BCUT2D eigenvalue weighted by atomic mass is 10.0. The molecule has 1 fully saturated rings. The van der Waals surface area contributed by atoms with Crippen LogP contribution in [0, 0.1) is 0 Å². The van der Waals surface area contributed by atoms with Crippen LogP contribution in [0.25, 0.3) is 11.0 Å². The van der Waals surface area contributed by atoms with Crippen LogP contribution in [0.4, 0.5) is 4.79 Å². The zero-order valence-corrected chi connectivity index (χ0v) is 24.9. The van der Waals surface area contributed by atoms with Gasteiger partial charge >= 0.3 is 11.8 Å². The minimum absolute atomic E-state index is 0.0518. The number of alkyl carbamates (subject to hydrolysis) is 1. The quantitative estimate of drug-likeness (QED) is 0.355. The molecule has 2 heterocycles. The van der Waals surface area contributed by atoms with Crippen LogP contribution in [0.2, 0.25) is 0 Å². The molecular formula is C31H41N5O6. The normalized spacial score (nSPS) is 15.3. The van der Waals surface area contributed by atoms with Crippen molar-refractivity contribution in [3.8, 4) is 0 Å². The molecule has 0 aliphatic carbocycles. The highest BCUT2D eigenvalue weighted by Gasteiger charge is 2.36. The standard InChI is InChI=1S/C31H41N5O6/c1-30(2,3)42-29(40)34-31(4,5)27(38)32-24(20-41-19-21-11-7-6-8-12-21)26(37)35-17-15-22(16-18-35)36-25-14-10-9-13-23(25)33-28(36)39/h6-14,22,24H,15-20H2,1-5H3,(H,32,38)(H,33,39)(H,34,40). The maximum Gasteiger partial charge on any atom is 0.408 e. The van der Waals surface area contributed by atoms with Crippen molar-refractivity contribution in [1.29, 1.82) is 0 Å². The van der Waals surface area contributed by atoms with Crippen molar-refractivity contribution in [2.75, 3.05) is 19.7 Å². The van der Waals surface area contributed by atoms with Crippen LogP contribution in [-0.2, 0) is 25.7 Å². The first-order valence-electron chi connectivity index (χ1n) is 14.3. The molecule has 0 radical (unpaired) electrons. The van der Waals surface area contributed by atoms with Crippen molar-refractivity contribution < 1.29 is 23.9 Å². The van der Waals surface area contributed by atoms with E-state index in [-0.39, 0.29) is 30.9 Å². The second-order valence-electron chi connectivity index (χ2n) is 12.2. The topological polar surface area (TPSA) is 135 Å². The number of nitrogens with one attached hydrogen (secondary N) is 3. The second kappa shape index (κ2) is 12.8. The fourth-order valence-electron chi connectivity index (χ4n) is 5.00. The summed E-state index contributed by atoms with van der Waals surface area (Å²) in [6.45, 7) is 9.34. The Kier molecular flexibility index (Phi) is 9.40. The van der Waals surface area contributed by atoms with E-state index in [9.17, 15) is 19.2 Å². The molecule has 0 saturated carbocycles.